The number of rotatable bonds is 5. The molecule has 0 radical (unpaired) electrons. The van der Waals surface area contributed by atoms with Crippen LogP contribution in [0.25, 0.3) is 0 Å². The molecule has 1 aromatic heterocycles. The third-order valence-electron chi connectivity index (χ3n) is 3.63. The zero-order valence-electron chi connectivity index (χ0n) is 14.6. The zero-order valence-corrected chi connectivity index (χ0v) is 14.6. The van der Waals surface area contributed by atoms with Crippen LogP contribution in [0.5, 0.6) is 0 Å². The summed E-state index contributed by atoms with van der Waals surface area (Å²) in [6.07, 6.45) is 0. The fraction of sp³-hybridized carbons (Fsp3) is 0.0526. The molecule has 0 aliphatic carbocycles. The minimum Gasteiger partial charge on any atom is -0.465 e. The van der Waals surface area contributed by atoms with Gasteiger partial charge in [0.15, 0.2) is 23.1 Å². The van der Waals surface area contributed by atoms with Crippen molar-refractivity contribution in [1.29, 1.82) is 0 Å². The number of anilines is 3. The first-order chi connectivity index (χ1) is 13.5. The van der Waals surface area contributed by atoms with E-state index in [0.29, 0.717) is 5.69 Å². The first kappa shape index (κ1) is 18.9. The summed E-state index contributed by atoms with van der Waals surface area (Å²) in [7, 11) is 1.26. The van der Waals surface area contributed by atoms with Crippen LogP contribution < -0.4 is 10.6 Å². The number of nitrogens with zero attached hydrogens (tertiary/aromatic N) is 2. The number of hydrogen-bond acceptors (Lipinski definition) is 6. The summed E-state index contributed by atoms with van der Waals surface area (Å²) in [6.45, 7) is 0. The van der Waals surface area contributed by atoms with Crippen LogP contribution in [0, 0.1) is 11.6 Å². The number of methoxy groups -OCH3 is 1. The van der Waals surface area contributed by atoms with E-state index in [1.54, 1.807) is 18.2 Å². The van der Waals surface area contributed by atoms with Crippen LogP contribution in [0.4, 0.5) is 26.0 Å². The normalized spacial score (nSPS) is 10.2. The van der Waals surface area contributed by atoms with Gasteiger partial charge >= 0.3 is 5.97 Å². The number of benzene rings is 2. The molecule has 142 valence electrons. The van der Waals surface area contributed by atoms with Gasteiger partial charge in [-0.1, -0.05) is 6.07 Å². The van der Waals surface area contributed by atoms with Gasteiger partial charge in [-0.05, 0) is 42.5 Å². The van der Waals surface area contributed by atoms with Crippen LogP contribution in [0.3, 0.4) is 0 Å². The molecule has 9 heteroatoms. The summed E-state index contributed by atoms with van der Waals surface area (Å²) < 4.78 is 30.8. The minimum absolute atomic E-state index is 0.0271. The number of esters is 1. The Morgan fingerprint density at radius 3 is 2.43 bits per heavy atom. The molecule has 3 rings (SSSR count). The van der Waals surface area contributed by atoms with Gasteiger partial charge in [-0.15, -0.1) is 10.2 Å². The Morgan fingerprint density at radius 1 is 0.929 bits per heavy atom. The molecule has 0 bridgehead atoms. The highest BCUT2D eigenvalue weighted by molar-refractivity contribution is 6.03. The van der Waals surface area contributed by atoms with Gasteiger partial charge in [0.25, 0.3) is 5.91 Å². The average Bonchev–Trinajstić information content (AvgIpc) is 2.71. The van der Waals surface area contributed by atoms with Crippen molar-refractivity contribution < 1.29 is 23.1 Å². The molecule has 7 nitrogen and oxygen atoms in total. The van der Waals surface area contributed by atoms with E-state index < -0.39 is 23.5 Å². The second-order valence-electron chi connectivity index (χ2n) is 5.58. The smallest absolute Gasteiger partial charge is 0.337 e. The fourth-order valence-electron chi connectivity index (χ4n) is 2.28. The van der Waals surface area contributed by atoms with Crippen LogP contribution in [-0.4, -0.2) is 29.2 Å². The number of carbonyl (C=O) groups excluding carboxylic acids is 2. The standard InChI is InChI=1S/C19H14F2N4O3/c1-28-19(27)11-3-2-4-12(9-11)23-18(26)16-7-8-17(25-24-16)22-13-5-6-14(20)15(21)10-13/h2-10H,1H3,(H,22,25)(H,23,26). The van der Waals surface area contributed by atoms with Gasteiger partial charge in [0.1, 0.15) is 0 Å². The molecule has 0 atom stereocenters. The van der Waals surface area contributed by atoms with Crippen molar-refractivity contribution in [2.75, 3.05) is 17.7 Å². The quantitative estimate of drug-likeness (QED) is 0.654. The maximum absolute atomic E-state index is 13.2. The molecule has 2 aromatic carbocycles. The molecule has 0 saturated heterocycles. The van der Waals surface area contributed by atoms with Crippen molar-refractivity contribution in [1.82, 2.24) is 10.2 Å². The molecule has 2 N–H and O–H groups in total. The molecular formula is C19H14F2N4O3. The molecule has 1 heterocycles. The SMILES string of the molecule is COC(=O)c1cccc(NC(=O)c2ccc(Nc3ccc(F)c(F)c3)nn2)c1. The maximum atomic E-state index is 13.2. The molecule has 0 unspecified atom stereocenters. The predicted molar refractivity (Wildman–Crippen MR) is 97.4 cm³/mol. The molecule has 28 heavy (non-hydrogen) atoms. The summed E-state index contributed by atoms with van der Waals surface area (Å²) in [5.74, 6) is -2.77. The number of hydrogen-bond donors (Lipinski definition) is 2. The van der Waals surface area contributed by atoms with Gasteiger partial charge in [0.05, 0.1) is 12.7 Å². The Balaban J connectivity index is 1.68. The molecule has 0 aliphatic heterocycles. The Kier molecular flexibility index (Phi) is 5.54. The van der Waals surface area contributed by atoms with Crippen LogP contribution >= 0.6 is 0 Å². The van der Waals surface area contributed by atoms with Crippen LogP contribution in [-0.2, 0) is 4.74 Å². The summed E-state index contributed by atoms with van der Waals surface area (Å²) in [6, 6.07) is 12.4. The molecular weight excluding hydrogens is 370 g/mol. The van der Waals surface area contributed by atoms with Gasteiger partial charge in [-0.2, -0.15) is 0 Å². The Morgan fingerprint density at radius 2 is 1.75 bits per heavy atom. The first-order valence-electron chi connectivity index (χ1n) is 8.02. The zero-order chi connectivity index (χ0) is 20.1. The number of amides is 1. The Labute approximate surface area is 158 Å². The first-order valence-corrected chi connectivity index (χ1v) is 8.02. The summed E-state index contributed by atoms with van der Waals surface area (Å²) in [5.41, 5.74) is 0.987. The lowest BCUT2D eigenvalue weighted by Crippen LogP contribution is -2.15. The van der Waals surface area contributed by atoms with Gasteiger partial charge in [0, 0.05) is 17.4 Å². The van der Waals surface area contributed by atoms with Gasteiger partial charge in [0.2, 0.25) is 0 Å². The lowest BCUT2D eigenvalue weighted by Gasteiger charge is -2.08. The highest BCUT2D eigenvalue weighted by Gasteiger charge is 2.11. The topological polar surface area (TPSA) is 93.2 Å². The van der Waals surface area contributed by atoms with E-state index in [4.69, 9.17) is 0 Å². The lowest BCUT2D eigenvalue weighted by atomic mass is 10.2. The van der Waals surface area contributed by atoms with Gasteiger partial charge in [-0.3, -0.25) is 4.79 Å². The summed E-state index contributed by atoms with van der Waals surface area (Å²) in [5, 5.41) is 13.0. The van der Waals surface area contributed by atoms with E-state index in [0.717, 1.165) is 12.1 Å². The molecule has 0 saturated carbocycles. The second-order valence-corrected chi connectivity index (χ2v) is 5.58. The second kappa shape index (κ2) is 8.21. The van der Waals surface area contributed by atoms with E-state index in [1.807, 2.05) is 0 Å². The number of halogens is 2. The van der Waals surface area contributed by atoms with E-state index in [-0.39, 0.29) is 22.8 Å². The predicted octanol–water partition coefficient (Wildman–Crippen LogP) is 3.54. The van der Waals surface area contributed by atoms with E-state index in [2.05, 4.69) is 25.6 Å². The number of aromatic nitrogens is 2. The van der Waals surface area contributed by atoms with Crippen molar-refractivity contribution in [3.63, 3.8) is 0 Å². The highest BCUT2D eigenvalue weighted by Crippen LogP contribution is 2.17. The fourth-order valence-corrected chi connectivity index (χ4v) is 2.28. The van der Waals surface area contributed by atoms with E-state index >= 15 is 0 Å². The third-order valence-corrected chi connectivity index (χ3v) is 3.63. The monoisotopic (exact) mass is 384 g/mol. The Bertz CT molecular complexity index is 1030. The number of carbonyl (C=O) groups is 2. The van der Waals surface area contributed by atoms with Gasteiger partial charge < -0.3 is 15.4 Å². The van der Waals surface area contributed by atoms with Crippen molar-refractivity contribution >= 4 is 29.1 Å². The molecule has 0 spiro atoms. The molecule has 0 fully saturated rings. The van der Waals surface area contributed by atoms with Crippen LogP contribution in [0.15, 0.2) is 54.6 Å². The van der Waals surface area contributed by atoms with Crippen molar-refractivity contribution in [3.8, 4) is 0 Å². The van der Waals surface area contributed by atoms with E-state index in [1.165, 1.54) is 31.4 Å². The minimum atomic E-state index is -0.997. The molecule has 1 amide bonds. The third kappa shape index (κ3) is 4.44. The van der Waals surface area contributed by atoms with Crippen molar-refractivity contribution in [3.05, 3.63) is 77.5 Å². The lowest BCUT2D eigenvalue weighted by molar-refractivity contribution is 0.0600. The van der Waals surface area contributed by atoms with Crippen molar-refractivity contribution in [2.45, 2.75) is 0 Å². The number of nitrogens with one attached hydrogen (secondary N) is 2. The summed E-state index contributed by atoms with van der Waals surface area (Å²) >= 11 is 0. The van der Waals surface area contributed by atoms with Crippen molar-refractivity contribution in [2.24, 2.45) is 0 Å². The van der Waals surface area contributed by atoms with E-state index in [9.17, 15) is 18.4 Å². The van der Waals surface area contributed by atoms with Crippen LogP contribution in [0.1, 0.15) is 20.8 Å². The molecule has 0 aliphatic rings. The Hall–Kier alpha value is -3.88. The average molecular weight is 384 g/mol. The van der Waals surface area contributed by atoms with Crippen LogP contribution in [0.2, 0.25) is 0 Å². The molecule has 3 aromatic rings. The van der Waals surface area contributed by atoms with Gasteiger partial charge in [-0.25, -0.2) is 13.6 Å². The maximum Gasteiger partial charge on any atom is 0.337 e. The largest absolute Gasteiger partial charge is 0.465 e. The highest BCUT2D eigenvalue weighted by atomic mass is 19.2. The summed E-state index contributed by atoms with van der Waals surface area (Å²) in [4.78, 5) is 23.8. The number of ether oxygens (including phenoxy) is 1.